The molecule has 0 aromatic heterocycles. The van der Waals surface area contributed by atoms with Crippen LogP contribution in [0.3, 0.4) is 0 Å². The quantitative estimate of drug-likeness (QED) is 0.431. The Hall–Kier alpha value is -3.71. The highest BCUT2D eigenvalue weighted by atomic mass is 19.1. The minimum absolute atomic E-state index is 0.0605. The Morgan fingerprint density at radius 3 is 2.57 bits per heavy atom. The molecule has 10 heteroatoms. The van der Waals surface area contributed by atoms with E-state index in [4.69, 9.17) is 20.6 Å². The number of amides is 3. The largest absolute Gasteiger partial charge is 0.481 e. The lowest BCUT2D eigenvalue weighted by Crippen LogP contribution is -2.41. The molecule has 0 spiro atoms. The van der Waals surface area contributed by atoms with E-state index in [9.17, 15) is 19.2 Å². The number of carbonyl (C=O) groups excluding carboxylic acids is 4. The van der Waals surface area contributed by atoms with Crippen LogP contribution in [-0.2, 0) is 28.7 Å². The van der Waals surface area contributed by atoms with E-state index in [1.807, 2.05) is 0 Å². The van der Waals surface area contributed by atoms with Crippen molar-refractivity contribution in [1.82, 2.24) is 0 Å². The minimum atomic E-state index is -0.906. The number of nitrogens with zero attached hydrogens (tertiary/aromatic N) is 2. The second-order valence-electron chi connectivity index (χ2n) is 8.24. The topological polar surface area (TPSA) is 102 Å². The SMILES string of the molecule is C#CCN1C(=O)COc2cc(F)c(N(C(C)=O)C(=O)C3=C(C(=O)OC(C)COC)CCCC3)cc21. The minimum Gasteiger partial charge on any atom is -0.481 e. The first-order chi connectivity index (χ1) is 16.7. The van der Waals surface area contributed by atoms with Crippen molar-refractivity contribution in [2.75, 3.05) is 36.7 Å². The molecule has 0 radical (unpaired) electrons. The zero-order chi connectivity index (χ0) is 25.7. The van der Waals surface area contributed by atoms with E-state index in [-0.39, 0.29) is 60.9 Å². The van der Waals surface area contributed by atoms with Crippen LogP contribution < -0.4 is 14.5 Å². The van der Waals surface area contributed by atoms with E-state index in [0.717, 1.165) is 13.0 Å². The summed E-state index contributed by atoms with van der Waals surface area (Å²) in [6.45, 7) is 2.52. The van der Waals surface area contributed by atoms with Crippen molar-refractivity contribution in [3.05, 3.63) is 29.1 Å². The first-order valence-corrected chi connectivity index (χ1v) is 11.2. The molecule has 0 fully saturated rings. The van der Waals surface area contributed by atoms with Gasteiger partial charge in [-0.3, -0.25) is 19.3 Å². The lowest BCUT2D eigenvalue weighted by molar-refractivity contribution is -0.146. The number of carbonyl (C=O) groups is 4. The van der Waals surface area contributed by atoms with Crippen LogP contribution in [0.5, 0.6) is 5.75 Å². The summed E-state index contributed by atoms with van der Waals surface area (Å²) in [5, 5.41) is 0. The number of hydrogen-bond acceptors (Lipinski definition) is 7. The molecule has 1 aromatic rings. The normalized spacial score (nSPS) is 16.1. The summed E-state index contributed by atoms with van der Waals surface area (Å²) in [7, 11) is 1.47. The molecule has 0 bridgehead atoms. The van der Waals surface area contributed by atoms with Gasteiger partial charge in [0.1, 0.15) is 11.9 Å². The van der Waals surface area contributed by atoms with E-state index in [2.05, 4.69) is 5.92 Å². The predicted molar refractivity (Wildman–Crippen MR) is 124 cm³/mol. The molecule has 3 amide bonds. The Labute approximate surface area is 202 Å². The van der Waals surface area contributed by atoms with Crippen LogP contribution in [0.15, 0.2) is 23.3 Å². The van der Waals surface area contributed by atoms with Crippen LogP contribution in [0.4, 0.5) is 15.8 Å². The van der Waals surface area contributed by atoms with Gasteiger partial charge in [-0.05, 0) is 38.7 Å². The molecule has 0 saturated heterocycles. The first-order valence-electron chi connectivity index (χ1n) is 11.2. The standard InChI is InChI=1S/C25H27FN2O7/c1-5-10-27-21-12-20(19(26)11-22(21)34-14-23(27)30)28(16(3)29)24(31)17-8-6-7-9-18(17)25(32)35-15(2)13-33-4/h1,11-12,15H,6-10,13-14H2,2-4H3. The van der Waals surface area contributed by atoms with Gasteiger partial charge in [-0.1, -0.05) is 5.92 Å². The van der Waals surface area contributed by atoms with E-state index in [0.29, 0.717) is 17.7 Å². The summed E-state index contributed by atoms with van der Waals surface area (Å²) in [5.74, 6) is -1.20. The van der Waals surface area contributed by atoms with Crippen LogP contribution >= 0.6 is 0 Å². The van der Waals surface area contributed by atoms with Gasteiger partial charge in [0.2, 0.25) is 5.91 Å². The number of imide groups is 1. The second-order valence-corrected chi connectivity index (χ2v) is 8.24. The highest BCUT2D eigenvalue weighted by molar-refractivity contribution is 6.22. The molecule has 186 valence electrons. The number of benzene rings is 1. The van der Waals surface area contributed by atoms with Crippen molar-refractivity contribution < 1.29 is 37.8 Å². The number of ether oxygens (including phenoxy) is 3. The predicted octanol–water partition coefficient (Wildman–Crippen LogP) is 2.51. The average Bonchev–Trinajstić information content (AvgIpc) is 2.81. The monoisotopic (exact) mass is 486 g/mol. The van der Waals surface area contributed by atoms with Crippen molar-refractivity contribution in [3.8, 4) is 18.1 Å². The highest BCUT2D eigenvalue weighted by Gasteiger charge is 2.34. The molecule has 1 heterocycles. The number of rotatable bonds is 7. The van der Waals surface area contributed by atoms with Gasteiger partial charge in [0.05, 0.1) is 24.5 Å². The zero-order valence-corrected chi connectivity index (χ0v) is 19.9. The third-order valence-corrected chi connectivity index (χ3v) is 5.66. The summed E-state index contributed by atoms with van der Waals surface area (Å²) < 4.78 is 30.8. The maximum absolute atomic E-state index is 15.1. The first kappa shape index (κ1) is 25.9. The molecule has 1 unspecified atom stereocenters. The van der Waals surface area contributed by atoms with Crippen LogP contribution in [0.2, 0.25) is 0 Å². The third-order valence-electron chi connectivity index (χ3n) is 5.66. The fourth-order valence-electron chi connectivity index (χ4n) is 4.09. The summed E-state index contributed by atoms with van der Waals surface area (Å²) in [6.07, 6.45) is 6.61. The van der Waals surface area contributed by atoms with Crippen molar-refractivity contribution in [2.24, 2.45) is 0 Å². The Morgan fingerprint density at radius 1 is 1.26 bits per heavy atom. The summed E-state index contributed by atoms with van der Waals surface area (Å²) >= 11 is 0. The molecule has 0 saturated carbocycles. The average molecular weight is 486 g/mol. The van der Waals surface area contributed by atoms with E-state index >= 15 is 4.39 Å². The van der Waals surface area contributed by atoms with Crippen molar-refractivity contribution >= 4 is 35.1 Å². The van der Waals surface area contributed by atoms with Crippen LogP contribution in [-0.4, -0.2) is 56.7 Å². The summed E-state index contributed by atoms with van der Waals surface area (Å²) in [4.78, 5) is 53.1. The van der Waals surface area contributed by atoms with E-state index < -0.39 is 35.6 Å². The summed E-state index contributed by atoms with van der Waals surface area (Å²) in [6, 6.07) is 2.18. The third kappa shape index (κ3) is 5.52. The molecule has 2 aliphatic rings. The highest BCUT2D eigenvalue weighted by Crippen LogP contribution is 2.39. The molecule has 35 heavy (non-hydrogen) atoms. The molecular weight excluding hydrogens is 459 g/mol. The van der Waals surface area contributed by atoms with Gasteiger partial charge in [-0.25, -0.2) is 14.1 Å². The molecule has 1 aliphatic heterocycles. The Balaban J connectivity index is 2.05. The smallest absolute Gasteiger partial charge is 0.334 e. The van der Waals surface area contributed by atoms with Gasteiger partial charge in [-0.15, -0.1) is 6.42 Å². The van der Waals surface area contributed by atoms with Crippen LogP contribution in [0.25, 0.3) is 0 Å². The Morgan fingerprint density at radius 2 is 1.94 bits per heavy atom. The van der Waals surface area contributed by atoms with Crippen molar-refractivity contribution in [3.63, 3.8) is 0 Å². The Kier molecular flexibility index (Phi) is 8.25. The number of terminal acetylenes is 1. The second kappa shape index (κ2) is 11.1. The number of fused-ring (bicyclic) bond motifs is 1. The number of esters is 1. The number of halogens is 1. The van der Waals surface area contributed by atoms with Crippen LogP contribution in [0.1, 0.15) is 39.5 Å². The number of methoxy groups -OCH3 is 1. The van der Waals surface area contributed by atoms with E-state index in [1.54, 1.807) is 6.92 Å². The number of anilines is 2. The van der Waals surface area contributed by atoms with Crippen LogP contribution in [0, 0.1) is 18.2 Å². The molecule has 1 atom stereocenters. The van der Waals surface area contributed by atoms with Gasteiger partial charge < -0.3 is 14.2 Å². The van der Waals surface area contributed by atoms with Gasteiger partial charge >= 0.3 is 5.97 Å². The molecule has 0 N–H and O–H groups in total. The van der Waals surface area contributed by atoms with Gasteiger partial charge in [-0.2, -0.15) is 0 Å². The zero-order valence-electron chi connectivity index (χ0n) is 19.9. The van der Waals surface area contributed by atoms with Gasteiger partial charge in [0.25, 0.3) is 11.8 Å². The molecule has 1 aromatic carbocycles. The molecule has 1 aliphatic carbocycles. The van der Waals surface area contributed by atoms with Gasteiger partial charge in [0, 0.05) is 31.2 Å². The molecule has 3 rings (SSSR count). The lowest BCUT2D eigenvalue weighted by Gasteiger charge is -2.30. The lowest BCUT2D eigenvalue weighted by atomic mass is 9.90. The maximum Gasteiger partial charge on any atom is 0.334 e. The fraction of sp³-hybridized carbons (Fsp3) is 0.440. The maximum atomic E-state index is 15.1. The molecule has 9 nitrogen and oxygen atoms in total. The van der Waals surface area contributed by atoms with Crippen molar-refractivity contribution in [2.45, 2.75) is 45.6 Å². The number of hydrogen-bond donors (Lipinski definition) is 0. The van der Waals surface area contributed by atoms with Gasteiger partial charge in [0.15, 0.2) is 12.4 Å². The fourth-order valence-corrected chi connectivity index (χ4v) is 4.09. The summed E-state index contributed by atoms with van der Waals surface area (Å²) in [5.41, 5.74) is 0.00713. The molecular formula is C25H27FN2O7. The van der Waals surface area contributed by atoms with E-state index in [1.165, 1.54) is 18.1 Å². The van der Waals surface area contributed by atoms with Crippen molar-refractivity contribution in [1.29, 1.82) is 0 Å². The Bertz CT molecular complexity index is 1120.